The summed E-state index contributed by atoms with van der Waals surface area (Å²) < 4.78 is 19.0. The van der Waals surface area contributed by atoms with E-state index in [-0.39, 0.29) is 35.8 Å². The second-order valence-electron chi connectivity index (χ2n) is 10.1. The number of aliphatic carboxylic acids is 1. The molecule has 40 heavy (non-hydrogen) atoms. The Morgan fingerprint density at radius 1 is 1.27 bits per heavy atom. The summed E-state index contributed by atoms with van der Waals surface area (Å²) >= 11 is 7.75. The van der Waals surface area contributed by atoms with Crippen LogP contribution in [-0.4, -0.2) is 100 Å². The number of methoxy groups -OCH3 is 1. The molecule has 6 rings (SSSR count). The second-order valence-corrected chi connectivity index (χ2v) is 11.4. The summed E-state index contributed by atoms with van der Waals surface area (Å²) in [6.07, 6.45) is 3.48. The number of urea groups is 1. The third-order valence-corrected chi connectivity index (χ3v) is 8.79. The van der Waals surface area contributed by atoms with Gasteiger partial charge in [-0.15, -0.1) is 11.3 Å². The first-order valence-electron chi connectivity index (χ1n) is 12.8. The van der Waals surface area contributed by atoms with E-state index in [9.17, 15) is 23.9 Å². The lowest BCUT2D eigenvalue weighted by atomic mass is 9.94. The number of piperazine rings is 1. The molecule has 2 amide bonds. The van der Waals surface area contributed by atoms with Gasteiger partial charge in [-0.1, -0.05) is 17.7 Å². The molecule has 2 saturated heterocycles. The normalized spacial score (nSPS) is 25.0. The van der Waals surface area contributed by atoms with Crippen molar-refractivity contribution in [1.82, 2.24) is 25.0 Å². The minimum atomic E-state index is -1.05. The van der Waals surface area contributed by atoms with Crippen LogP contribution < -0.4 is 5.32 Å². The Kier molecular flexibility index (Phi) is 6.97. The number of rotatable bonds is 7. The molecule has 4 heterocycles. The Hall–Kier alpha value is -3.55. The molecule has 11 nitrogen and oxygen atoms in total. The number of halogens is 2. The van der Waals surface area contributed by atoms with Crippen molar-refractivity contribution in [3.05, 3.63) is 62.5 Å². The van der Waals surface area contributed by atoms with Gasteiger partial charge in [0.25, 0.3) is 0 Å². The number of thiazole rings is 1. The van der Waals surface area contributed by atoms with E-state index in [0.717, 1.165) is 18.9 Å². The van der Waals surface area contributed by atoms with Gasteiger partial charge < -0.3 is 25.0 Å². The number of benzene rings is 1. The fraction of sp³-hybridized carbons (Fsp3) is 0.423. The zero-order valence-electron chi connectivity index (χ0n) is 21.4. The number of hydrogen-bond donors (Lipinski definition) is 2. The molecule has 0 bridgehead atoms. The van der Waals surface area contributed by atoms with Crippen molar-refractivity contribution >= 4 is 46.7 Å². The molecule has 3 unspecified atom stereocenters. The topological polar surface area (TPSA) is 128 Å². The van der Waals surface area contributed by atoms with Crippen LogP contribution in [0.1, 0.15) is 29.5 Å². The van der Waals surface area contributed by atoms with Gasteiger partial charge in [0.2, 0.25) is 0 Å². The van der Waals surface area contributed by atoms with Crippen molar-refractivity contribution in [2.45, 2.75) is 37.0 Å². The molecule has 3 atom stereocenters. The number of fused-ring (bicyclic) bond motifs is 1. The van der Waals surface area contributed by atoms with Crippen LogP contribution in [0.3, 0.4) is 0 Å². The minimum absolute atomic E-state index is 0.0308. The number of nitrogens with zero attached hydrogens (tertiary/aromatic N) is 5. The second kappa shape index (κ2) is 10.5. The summed E-state index contributed by atoms with van der Waals surface area (Å²) in [5, 5.41) is 15.9. The summed E-state index contributed by atoms with van der Waals surface area (Å²) in [5.74, 6) is -1.91. The van der Waals surface area contributed by atoms with Gasteiger partial charge in [0.05, 0.1) is 18.7 Å². The summed E-state index contributed by atoms with van der Waals surface area (Å²) in [6, 6.07) is 1.42. The number of aliphatic imine (C=N–C) groups is 1. The van der Waals surface area contributed by atoms with Crippen LogP contribution in [0.15, 0.2) is 46.0 Å². The van der Waals surface area contributed by atoms with E-state index in [4.69, 9.17) is 21.3 Å². The summed E-state index contributed by atoms with van der Waals surface area (Å²) in [5.41, 5.74) is 0.892. The van der Waals surface area contributed by atoms with Crippen LogP contribution in [-0.2, 0) is 14.3 Å². The van der Waals surface area contributed by atoms with Crippen molar-refractivity contribution < 1.29 is 28.6 Å². The Bertz CT molecular complexity index is 1430. The highest BCUT2D eigenvalue weighted by atomic mass is 35.5. The Labute approximate surface area is 237 Å². The molecule has 2 aromatic rings. The average molecular weight is 589 g/mol. The van der Waals surface area contributed by atoms with E-state index in [0.29, 0.717) is 35.2 Å². The molecule has 3 aliphatic heterocycles. The van der Waals surface area contributed by atoms with Crippen molar-refractivity contribution in [2.75, 3.05) is 33.3 Å². The summed E-state index contributed by atoms with van der Waals surface area (Å²) in [7, 11) is 1.24. The third-order valence-electron chi connectivity index (χ3n) is 7.69. The monoisotopic (exact) mass is 588 g/mol. The standard InChI is InChI=1S/C26H26ClFN6O5S/c1-39-25(37)19-17(11-32-7-8-33-18(21(32)24(35)36)12-34(26(33)38)14-3-4-14)30-22(23-29-6-9-40-23)31-20(19)15-5-2-13(28)10-16(15)27/h2,5-6,9-10,14,18,20-21H,3-4,7-8,11-12H2,1H3,(H,30,31)(H,35,36). The predicted molar refractivity (Wildman–Crippen MR) is 144 cm³/mol. The van der Waals surface area contributed by atoms with Crippen LogP contribution in [0.5, 0.6) is 0 Å². The van der Waals surface area contributed by atoms with E-state index < -0.39 is 35.9 Å². The van der Waals surface area contributed by atoms with Crippen molar-refractivity contribution in [1.29, 1.82) is 0 Å². The van der Waals surface area contributed by atoms with Crippen LogP contribution in [0.25, 0.3) is 0 Å². The fourth-order valence-electron chi connectivity index (χ4n) is 5.70. The lowest BCUT2D eigenvalue weighted by Gasteiger charge is -2.42. The predicted octanol–water partition coefficient (Wildman–Crippen LogP) is 2.49. The van der Waals surface area contributed by atoms with Gasteiger partial charge in [-0.25, -0.2) is 19.0 Å². The van der Waals surface area contributed by atoms with E-state index in [2.05, 4.69) is 10.3 Å². The Morgan fingerprint density at radius 3 is 2.73 bits per heavy atom. The number of ether oxygens (including phenoxy) is 1. The minimum Gasteiger partial charge on any atom is -0.480 e. The van der Waals surface area contributed by atoms with Crippen LogP contribution in [0.4, 0.5) is 9.18 Å². The molecule has 2 N–H and O–H groups in total. The smallest absolute Gasteiger partial charge is 0.338 e. The zero-order chi connectivity index (χ0) is 28.1. The van der Waals surface area contributed by atoms with E-state index in [1.165, 1.54) is 30.6 Å². The maximum atomic E-state index is 13.9. The molecule has 14 heteroatoms. The molecule has 1 aromatic carbocycles. The van der Waals surface area contributed by atoms with Gasteiger partial charge in [-0.3, -0.25) is 14.7 Å². The number of amidine groups is 1. The first-order chi connectivity index (χ1) is 19.3. The van der Waals surface area contributed by atoms with Crippen LogP contribution >= 0.6 is 22.9 Å². The number of esters is 1. The first kappa shape index (κ1) is 26.7. The molecule has 0 radical (unpaired) electrons. The van der Waals surface area contributed by atoms with Crippen LogP contribution in [0, 0.1) is 5.82 Å². The number of carbonyl (C=O) groups is 3. The van der Waals surface area contributed by atoms with Crippen molar-refractivity contribution in [3.8, 4) is 0 Å². The first-order valence-corrected chi connectivity index (χ1v) is 14.1. The highest BCUT2D eigenvalue weighted by Crippen LogP contribution is 2.38. The maximum absolute atomic E-state index is 13.9. The SMILES string of the molecule is COC(=O)C1=C(CN2CCN3C(=O)N(C4CC4)CC3C2C(=O)O)NC(c2nccs2)=NC1c1ccc(F)cc1Cl. The molecule has 3 fully saturated rings. The van der Waals surface area contributed by atoms with E-state index in [1.54, 1.807) is 26.3 Å². The number of carboxylic acids is 1. The van der Waals surface area contributed by atoms with Crippen LogP contribution in [0.2, 0.25) is 5.02 Å². The fourth-order valence-corrected chi connectivity index (χ4v) is 6.55. The van der Waals surface area contributed by atoms with Crippen molar-refractivity contribution in [3.63, 3.8) is 0 Å². The van der Waals surface area contributed by atoms with Gasteiger partial charge >= 0.3 is 18.0 Å². The quantitative estimate of drug-likeness (QED) is 0.472. The van der Waals surface area contributed by atoms with Gasteiger partial charge in [0.1, 0.15) is 17.9 Å². The third kappa shape index (κ3) is 4.71. The van der Waals surface area contributed by atoms with Gasteiger partial charge in [0.15, 0.2) is 10.8 Å². The molecule has 1 saturated carbocycles. The molecule has 210 valence electrons. The highest BCUT2D eigenvalue weighted by Gasteiger charge is 2.52. The average Bonchev–Trinajstić information content (AvgIpc) is 3.50. The number of amides is 2. The van der Waals surface area contributed by atoms with E-state index >= 15 is 0 Å². The molecule has 1 aliphatic carbocycles. The maximum Gasteiger partial charge on any atom is 0.338 e. The lowest BCUT2D eigenvalue weighted by Crippen LogP contribution is -2.62. The highest BCUT2D eigenvalue weighted by molar-refractivity contribution is 7.11. The van der Waals surface area contributed by atoms with Gasteiger partial charge in [0, 0.05) is 60.1 Å². The summed E-state index contributed by atoms with van der Waals surface area (Å²) in [6.45, 7) is 1.01. The molecular weight excluding hydrogens is 563 g/mol. The molecular formula is C26H26ClFN6O5S. The Morgan fingerprint density at radius 2 is 2.08 bits per heavy atom. The van der Waals surface area contributed by atoms with Crippen molar-refractivity contribution in [2.24, 2.45) is 4.99 Å². The molecule has 1 aromatic heterocycles. The number of hydrogen-bond acceptors (Lipinski definition) is 9. The van der Waals surface area contributed by atoms with Gasteiger partial charge in [-0.05, 0) is 25.0 Å². The van der Waals surface area contributed by atoms with E-state index in [1.807, 2.05) is 0 Å². The lowest BCUT2D eigenvalue weighted by molar-refractivity contribution is -0.147. The zero-order valence-corrected chi connectivity index (χ0v) is 23.0. The molecule has 4 aliphatic rings. The Balaban J connectivity index is 1.40. The number of aromatic nitrogens is 1. The number of carbonyl (C=O) groups excluding carboxylic acids is 2. The largest absolute Gasteiger partial charge is 0.480 e. The molecule has 0 spiro atoms. The van der Waals surface area contributed by atoms with Gasteiger partial charge in [-0.2, -0.15) is 0 Å². The number of carboxylic acid groups (broad SMARTS) is 1. The summed E-state index contributed by atoms with van der Waals surface area (Å²) in [4.78, 5) is 53.1. The number of nitrogens with one attached hydrogen (secondary N) is 1.